The van der Waals surface area contributed by atoms with Crippen LogP contribution in [0.2, 0.25) is 0 Å². The first-order valence-corrected chi connectivity index (χ1v) is 4.61. The Labute approximate surface area is 69.9 Å². The fourth-order valence-corrected chi connectivity index (χ4v) is 2.33. The van der Waals surface area contributed by atoms with Gasteiger partial charge in [0.1, 0.15) is 0 Å². The Morgan fingerprint density at radius 3 is 2.91 bits per heavy atom. The van der Waals surface area contributed by atoms with Crippen LogP contribution in [0.25, 0.3) is 0 Å². The second-order valence-electron chi connectivity index (χ2n) is 3.07. The molecular weight excluding hydrogens is 158 g/mol. The molecule has 0 spiro atoms. The maximum Gasteiger partial charge on any atom is 0.0783 e. The zero-order valence-electron chi connectivity index (χ0n) is 6.25. The van der Waals surface area contributed by atoms with Crippen LogP contribution in [0.1, 0.15) is 17.7 Å². The third-order valence-corrected chi connectivity index (χ3v) is 3.37. The van der Waals surface area contributed by atoms with Gasteiger partial charge in [0, 0.05) is 10.3 Å². The van der Waals surface area contributed by atoms with Gasteiger partial charge in [-0.3, -0.25) is 0 Å². The lowest BCUT2D eigenvalue weighted by Gasteiger charge is -2.09. The molecule has 1 aliphatic rings. The van der Waals surface area contributed by atoms with Gasteiger partial charge in [-0.1, -0.05) is 6.07 Å². The number of rotatable bonds is 3. The molecule has 0 aromatic carbocycles. The molecule has 2 N–H and O–H groups in total. The Bertz CT molecular complexity index is 228. The van der Waals surface area contributed by atoms with Crippen LogP contribution in [-0.4, -0.2) is 6.61 Å². The molecule has 1 aliphatic carbocycles. The molecule has 3 heteroatoms. The molecule has 0 radical (unpaired) electrons. The Kier molecular flexibility index (Phi) is 1.71. The van der Waals surface area contributed by atoms with Gasteiger partial charge < -0.3 is 4.84 Å². The van der Waals surface area contributed by atoms with Gasteiger partial charge in [0.15, 0.2) is 0 Å². The van der Waals surface area contributed by atoms with Crippen molar-refractivity contribution in [2.24, 2.45) is 5.90 Å². The predicted octanol–water partition coefficient (Wildman–Crippen LogP) is 1.67. The molecule has 1 aromatic rings. The van der Waals surface area contributed by atoms with Gasteiger partial charge in [-0.05, 0) is 24.3 Å². The number of hydrogen-bond donors (Lipinski definition) is 1. The van der Waals surface area contributed by atoms with Crippen LogP contribution in [0.3, 0.4) is 0 Å². The molecular formula is C8H11NOS. The largest absolute Gasteiger partial charge is 0.304 e. The van der Waals surface area contributed by atoms with E-state index >= 15 is 0 Å². The molecule has 0 atom stereocenters. The molecule has 0 aliphatic heterocycles. The summed E-state index contributed by atoms with van der Waals surface area (Å²) in [5.74, 6) is 5.07. The minimum atomic E-state index is 0.295. The van der Waals surface area contributed by atoms with Crippen molar-refractivity contribution in [2.75, 3.05) is 6.61 Å². The van der Waals surface area contributed by atoms with Gasteiger partial charge in [-0.15, -0.1) is 11.3 Å². The van der Waals surface area contributed by atoms with E-state index in [1.807, 2.05) is 0 Å². The van der Waals surface area contributed by atoms with E-state index in [0.29, 0.717) is 12.0 Å². The van der Waals surface area contributed by atoms with Crippen molar-refractivity contribution in [1.82, 2.24) is 0 Å². The first kappa shape index (κ1) is 7.28. The number of nitrogens with two attached hydrogens (primary N) is 1. The Morgan fingerprint density at radius 1 is 1.64 bits per heavy atom. The van der Waals surface area contributed by atoms with Crippen LogP contribution in [0.5, 0.6) is 0 Å². The van der Waals surface area contributed by atoms with E-state index in [9.17, 15) is 0 Å². The van der Waals surface area contributed by atoms with E-state index in [2.05, 4.69) is 17.5 Å². The van der Waals surface area contributed by atoms with Gasteiger partial charge in [-0.2, -0.15) is 0 Å². The average Bonchev–Trinajstić information content (AvgIpc) is 2.63. The van der Waals surface area contributed by atoms with Gasteiger partial charge in [0.25, 0.3) is 0 Å². The standard InChI is InChI=1S/C8H11NOS/c9-10-6-8(3-4-8)7-2-1-5-11-7/h1-2,5H,3-4,6,9H2. The summed E-state index contributed by atoms with van der Waals surface area (Å²) in [6, 6.07) is 4.24. The van der Waals surface area contributed by atoms with Gasteiger partial charge >= 0.3 is 0 Å². The Hall–Kier alpha value is -0.380. The molecule has 0 unspecified atom stereocenters. The van der Waals surface area contributed by atoms with Crippen LogP contribution < -0.4 is 5.90 Å². The maximum atomic E-state index is 5.07. The number of hydrogen-bond acceptors (Lipinski definition) is 3. The average molecular weight is 169 g/mol. The lowest BCUT2D eigenvalue weighted by molar-refractivity contribution is 0.117. The highest BCUT2D eigenvalue weighted by molar-refractivity contribution is 7.10. The van der Waals surface area contributed by atoms with E-state index in [-0.39, 0.29) is 0 Å². The van der Waals surface area contributed by atoms with Gasteiger partial charge in [-0.25, -0.2) is 5.90 Å². The summed E-state index contributed by atoms with van der Waals surface area (Å²) in [6.45, 7) is 0.674. The summed E-state index contributed by atoms with van der Waals surface area (Å²) >= 11 is 1.80. The summed E-state index contributed by atoms with van der Waals surface area (Å²) in [6.07, 6.45) is 2.45. The van der Waals surface area contributed by atoms with Crippen LogP contribution in [0.4, 0.5) is 0 Å². The smallest absolute Gasteiger partial charge is 0.0783 e. The lowest BCUT2D eigenvalue weighted by atomic mass is 10.1. The zero-order valence-corrected chi connectivity index (χ0v) is 7.06. The second-order valence-corrected chi connectivity index (χ2v) is 4.02. The molecule has 0 amide bonds. The van der Waals surface area contributed by atoms with Crippen molar-refractivity contribution in [3.8, 4) is 0 Å². The monoisotopic (exact) mass is 169 g/mol. The summed E-state index contributed by atoms with van der Waals surface area (Å²) < 4.78 is 0. The summed E-state index contributed by atoms with van der Waals surface area (Å²) in [4.78, 5) is 6.12. The topological polar surface area (TPSA) is 35.2 Å². The van der Waals surface area contributed by atoms with Crippen molar-refractivity contribution >= 4 is 11.3 Å². The molecule has 2 rings (SSSR count). The fourth-order valence-electron chi connectivity index (χ4n) is 1.35. The van der Waals surface area contributed by atoms with E-state index in [4.69, 9.17) is 10.7 Å². The minimum Gasteiger partial charge on any atom is -0.304 e. The number of thiophene rings is 1. The molecule has 0 bridgehead atoms. The second kappa shape index (κ2) is 2.59. The van der Waals surface area contributed by atoms with E-state index < -0.39 is 0 Å². The Morgan fingerprint density at radius 2 is 2.45 bits per heavy atom. The molecule has 1 heterocycles. The van der Waals surface area contributed by atoms with Crippen LogP contribution >= 0.6 is 11.3 Å². The van der Waals surface area contributed by atoms with E-state index in [0.717, 1.165) is 0 Å². The van der Waals surface area contributed by atoms with E-state index in [1.54, 1.807) is 11.3 Å². The Balaban J connectivity index is 2.15. The van der Waals surface area contributed by atoms with E-state index in [1.165, 1.54) is 17.7 Å². The van der Waals surface area contributed by atoms with Crippen LogP contribution in [0.15, 0.2) is 17.5 Å². The maximum absolute atomic E-state index is 5.07. The highest BCUT2D eigenvalue weighted by Gasteiger charge is 2.45. The summed E-state index contributed by atoms with van der Waals surface area (Å²) in [5, 5.41) is 2.10. The fraction of sp³-hybridized carbons (Fsp3) is 0.500. The van der Waals surface area contributed by atoms with Crippen molar-refractivity contribution in [3.05, 3.63) is 22.4 Å². The minimum absolute atomic E-state index is 0.295. The van der Waals surface area contributed by atoms with Crippen molar-refractivity contribution < 1.29 is 4.84 Å². The molecule has 1 fully saturated rings. The molecule has 0 saturated heterocycles. The first-order valence-electron chi connectivity index (χ1n) is 3.73. The van der Waals surface area contributed by atoms with Crippen molar-refractivity contribution in [3.63, 3.8) is 0 Å². The molecule has 1 aromatic heterocycles. The van der Waals surface area contributed by atoms with Crippen molar-refractivity contribution in [2.45, 2.75) is 18.3 Å². The van der Waals surface area contributed by atoms with Crippen molar-refractivity contribution in [1.29, 1.82) is 0 Å². The predicted molar refractivity (Wildman–Crippen MR) is 45.4 cm³/mol. The normalized spacial score (nSPS) is 20.1. The SMILES string of the molecule is NOCC1(c2cccs2)CC1. The third kappa shape index (κ3) is 1.20. The van der Waals surface area contributed by atoms with Crippen LogP contribution in [-0.2, 0) is 10.3 Å². The van der Waals surface area contributed by atoms with Gasteiger partial charge in [0.2, 0.25) is 0 Å². The molecule has 2 nitrogen and oxygen atoms in total. The highest BCUT2D eigenvalue weighted by atomic mass is 32.1. The molecule has 60 valence electrons. The van der Waals surface area contributed by atoms with Crippen LogP contribution in [0, 0.1) is 0 Å². The highest BCUT2D eigenvalue weighted by Crippen LogP contribution is 2.49. The first-order chi connectivity index (χ1) is 5.37. The quantitative estimate of drug-likeness (QED) is 0.698. The third-order valence-electron chi connectivity index (χ3n) is 2.26. The molecule has 11 heavy (non-hydrogen) atoms. The van der Waals surface area contributed by atoms with Gasteiger partial charge in [0.05, 0.1) is 6.61 Å². The molecule has 1 saturated carbocycles. The summed E-state index contributed by atoms with van der Waals surface area (Å²) in [7, 11) is 0. The summed E-state index contributed by atoms with van der Waals surface area (Å²) in [5.41, 5.74) is 0.295. The zero-order chi connectivity index (χ0) is 7.73. The lowest BCUT2D eigenvalue weighted by Crippen LogP contribution is -2.16.